The number of benzene rings is 1. The van der Waals surface area contributed by atoms with E-state index in [0.29, 0.717) is 23.9 Å². The highest BCUT2D eigenvalue weighted by atomic mass is 16.5. The zero-order valence-electron chi connectivity index (χ0n) is 12.6. The molecule has 0 aliphatic heterocycles. The number of aromatic carboxylic acids is 1. The molecule has 2 aromatic rings. The lowest BCUT2D eigenvalue weighted by Crippen LogP contribution is -2.18. The molecule has 0 bridgehead atoms. The van der Waals surface area contributed by atoms with Crippen molar-refractivity contribution < 1.29 is 19.4 Å². The van der Waals surface area contributed by atoms with Gasteiger partial charge in [-0.3, -0.25) is 0 Å². The maximum Gasteiger partial charge on any atom is 0.356 e. The van der Waals surface area contributed by atoms with Crippen molar-refractivity contribution >= 4 is 11.8 Å². The summed E-state index contributed by atoms with van der Waals surface area (Å²) in [5, 5.41) is 8.82. The Morgan fingerprint density at radius 3 is 2.23 bits per heavy atom. The molecule has 1 N–H and O–H groups in total. The normalized spacial score (nSPS) is 10.1. The van der Waals surface area contributed by atoms with Crippen molar-refractivity contribution in [2.24, 2.45) is 0 Å². The number of rotatable bonds is 6. The minimum absolute atomic E-state index is 0.0831. The maximum atomic E-state index is 10.8. The Morgan fingerprint density at radius 2 is 1.77 bits per heavy atom. The molecule has 0 unspecified atom stereocenters. The molecule has 0 spiro atoms. The van der Waals surface area contributed by atoms with Gasteiger partial charge in [-0.2, -0.15) is 0 Å². The summed E-state index contributed by atoms with van der Waals surface area (Å²) < 4.78 is 10.5. The van der Waals surface area contributed by atoms with E-state index in [-0.39, 0.29) is 5.69 Å². The highest BCUT2D eigenvalue weighted by molar-refractivity contribution is 5.84. The van der Waals surface area contributed by atoms with Crippen LogP contribution in [-0.4, -0.2) is 42.3 Å². The quantitative estimate of drug-likeness (QED) is 0.871. The Bertz CT molecular complexity index is 636. The molecule has 7 nitrogen and oxygen atoms in total. The Hall–Kier alpha value is -2.83. The van der Waals surface area contributed by atoms with E-state index < -0.39 is 5.97 Å². The zero-order chi connectivity index (χ0) is 16.1. The molecule has 0 radical (unpaired) electrons. The van der Waals surface area contributed by atoms with Crippen molar-refractivity contribution in [1.29, 1.82) is 0 Å². The van der Waals surface area contributed by atoms with Crippen LogP contribution in [0.5, 0.6) is 11.5 Å². The maximum absolute atomic E-state index is 10.8. The number of ether oxygens (including phenoxy) is 2. The summed E-state index contributed by atoms with van der Waals surface area (Å²) in [6, 6.07) is 5.60. The lowest BCUT2D eigenvalue weighted by atomic mass is 10.2. The van der Waals surface area contributed by atoms with Gasteiger partial charge in [0.25, 0.3) is 0 Å². The van der Waals surface area contributed by atoms with E-state index in [1.54, 1.807) is 20.3 Å². The smallest absolute Gasteiger partial charge is 0.356 e. The number of methoxy groups -OCH3 is 2. The number of hydrogen-bond acceptors (Lipinski definition) is 6. The molecule has 2 rings (SSSR count). The van der Waals surface area contributed by atoms with Gasteiger partial charge in [-0.05, 0) is 17.7 Å². The number of carboxylic acids is 1. The molecule has 7 heteroatoms. The highest BCUT2D eigenvalue weighted by Crippen LogP contribution is 2.24. The van der Waals surface area contributed by atoms with E-state index in [2.05, 4.69) is 9.97 Å². The van der Waals surface area contributed by atoms with Gasteiger partial charge in [-0.25, -0.2) is 14.8 Å². The Morgan fingerprint density at radius 1 is 1.14 bits per heavy atom. The molecule has 22 heavy (non-hydrogen) atoms. The summed E-state index contributed by atoms with van der Waals surface area (Å²) >= 11 is 0. The predicted octanol–water partition coefficient (Wildman–Crippen LogP) is 1.83. The van der Waals surface area contributed by atoms with Gasteiger partial charge < -0.3 is 19.5 Å². The second-order valence-corrected chi connectivity index (χ2v) is 4.64. The molecular formula is C15H17N3O4. The van der Waals surface area contributed by atoms with E-state index in [9.17, 15) is 4.79 Å². The lowest BCUT2D eigenvalue weighted by Gasteiger charge is -2.18. The Labute approximate surface area is 128 Å². The Kier molecular flexibility index (Phi) is 4.77. The van der Waals surface area contributed by atoms with Crippen LogP contribution < -0.4 is 14.4 Å². The molecule has 1 heterocycles. The minimum atomic E-state index is -1.10. The molecule has 0 saturated carbocycles. The van der Waals surface area contributed by atoms with Gasteiger partial charge >= 0.3 is 5.97 Å². The van der Waals surface area contributed by atoms with E-state index in [0.717, 1.165) is 5.56 Å². The number of carbonyl (C=O) groups is 1. The topological polar surface area (TPSA) is 84.8 Å². The van der Waals surface area contributed by atoms with Crippen molar-refractivity contribution in [2.75, 3.05) is 26.2 Å². The fourth-order valence-corrected chi connectivity index (χ4v) is 1.94. The number of nitrogens with zero attached hydrogens (tertiary/aromatic N) is 3. The second kappa shape index (κ2) is 6.75. The summed E-state index contributed by atoms with van der Waals surface area (Å²) in [6.45, 7) is 0.550. The van der Waals surface area contributed by atoms with Gasteiger partial charge in [0.05, 0.1) is 26.6 Å². The van der Waals surface area contributed by atoms with Gasteiger partial charge in [-0.15, -0.1) is 0 Å². The minimum Gasteiger partial charge on any atom is -0.497 e. The average molecular weight is 303 g/mol. The highest BCUT2D eigenvalue weighted by Gasteiger charge is 2.09. The molecule has 116 valence electrons. The van der Waals surface area contributed by atoms with Crippen LogP contribution in [-0.2, 0) is 6.54 Å². The summed E-state index contributed by atoms with van der Waals surface area (Å²) in [6.07, 6.45) is 2.67. The molecule has 0 saturated heterocycles. The largest absolute Gasteiger partial charge is 0.497 e. The van der Waals surface area contributed by atoms with Crippen LogP contribution in [0.2, 0.25) is 0 Å². The first-order chi connectivity index (χ1) is 10.5. The first-order valence-electron chi connectivity index (χ1n) is 6.52. The predicted molar refractivity (Wildman–Crippen MR) is 80.6 cm³/mol. The van der Waals surface area contributed by atoms with Crippen molar-refractivity contribution in [3.8, 4) is 11.5 Å². The zero-order valence-corrected chi connectivity index (χ0v) is 12.6. The summed E-state index contributed by atoms with van der Waals surface area (Å²) in [5.74, 6) is 0.885. The third-order valence-electron chi connectivity index (χ3n) is 3.08. The molecular weight excluding hydrogens is 286 g/mol. The molecule has 1 aromatic heterocycles. The van der Waals surface area contributed by atoms with Crippen molar-refractivity contribution in [2.45, 2.75) is 6.54 Å². The molecule has 0 fully saturated rings. The summed E-state index contributed by atoms with van der Waals surface area (Å²) in [4.78, 5) is 20.6. The van der Waals surface area contributed by atoms with Gasteiger partial charge in [0.15, 0.2) is 5.69 Å². The third-order valence-corrected chi connectivity index (χ3v) is 3.08. The Balaban J connectivity index is 2.17. The fraction of sp³-hybridized carbons (Fsp3) is 0.267. The first-order valence-corrected chi connectivity index (χ1v) is 6.52. The summed E-state index contributed by atoms with van der Waals surface area (Å²) in [7, 11) is 5.03. The molecule has 0 aliphatic carbocycles. The monoisotopic (exact) mass is 303 g/mol. The molecule has 0 amide bonds. The first kappa shape index (κ1) is 15.6. The second-order valence-electron chi connectivity index (χ2n) is 4.64. The standard InChI is InChI=1S/C15H17N3O4/c1-18(14-8-16-13(7-17-14)15(19)20)9-10-4-11(21-2)6-12(5-10)22-3/h4-8H,9H2,1-3H3,(H,19,20). The van der Waals surface area contributed by atoms with E-state index in [1.165, 1.54) is 12.4 Å². The lowest BCUT2D eigenvalue weighted by molar-refractivity contribution is 0.0690. The van der Waals surface area contributed by atoms with Crippen LogP contribution >= 0.6 is 0 Å². The fourth-order valence-electron chi connectivity index (χ4n) is 1.94. The van der Waals surface area contributed by atoms with Gasteiger partial charge in [0.2, 0.25) is 0 Å². The van der Waals surface area contributed by atoms with Gasteiger partial charge in [0.1, 0.15) is 17.3 Å². The molecule has 1 aromatic carbocycles. The van der Waals surface area contributed by atoms with Crippen molar-refractivity contribution in [3.05, 3.63) is 41.9 Å². The van der Waals surface area contributed by atoms with Crippen molar-refractivity contribution in [1.82, 2.24) is 9.97 Å². The molecule has 0 atom stereocenters. The van der Waals surface area contributed by atoms with Crippen molar-refractivity contribution in [3.63, 3.8) is 0 Å². The van der Waals surface area contributed by atoms with E-state index >= 15 is 0 Å². The van der Waals surface area contributed by atoms with Gasteiger partial charge in [0, 0.05) is 19.7 Å². The van der Waals surface area contributed by atoms with Crippen LogP contribution in [0, 0.1) is 0 Å². The van der Waals surface area contributed by atoms with E-state index in [4.69, 9.17) is 14.6 Å². The molecule has 0 aliphatic rings. The number of hydrogen-bond donors (Lipinski definition) is 1. The van der Waals surface area contributed by atoms with Crippen LogP contribution in [0.25, 0.3) is 0 Å². The van der Waals surface area contributed by atoms with E-state index in [1.807, 2.05) is 24.1 Å². The SMILES string of the molecule is COc1cc(CN(C)c2cnc(C(=O)O)cn2)cc(OC)c1. The third kappa shape index (κ3) is 3.63. The van der Waals surface area contributed by atoms with Crippen LogP contribution in [0.1, 0.15) is 16.1 Å². The number of aromatic nitrogens is 2. The number of carboxylic acid groups (broad SMARTS) is 1. The summed E-state index contributed by atoms with van der Waals surface area (Å²) in [5.41, 5.74) is 0.892. The average Bonchev–Trinajstić information content (AvgIpc) is 2.54. The number of anilines is 1. The van der Waals surface area contributed by atoms with Crippen LogP contribution in [0.3, 0.4) is 0 Å². The van der Waals surface area contributed by atoms with Crippen LogP contribution in [0.15, 0.2) is 30.6 Å². The van der Waals surface area contributed by atoms with Gasteiger partial charge in [-0.1, -0.05) is 0 Å². The van der Waals surface area contributed by atoms with Crippen LogP contribution in [0.4, 0.5) is 5.82 Å².